The molecule has 3 rings (SSSR count). The van der Waals surface area contributed by atoms with Gasteiger partial charge in [0.2, 0.25) is 0 Å². The van der Waals surface area contributed by atoms with E-state index in [4.69, 9.17) is 0 Å². The summed E-state index contributed by atoms with van der Waals surface area (Å²) in [6.07, 6.45) is 1.96. The lowest BCUT2D eigenvalue weighted by Gasteiger charge is -2.12. The van der Waals surface area contributed by atoms with Gasteiger partial charge in [0.05, 0.1) is 5.56 Å². The minimum Gasteiger partial charge on any atom is -0.478 e. The summed E-state index contributed by atoms with van der Waals surface area (Å²) in [7, 11) is 0. The van der Waals surface area contributed by atoms with Gasteiger partial charge in [0.15, 0.2) is 0 Å². The molecule has 0 spiro atoms. The number of hydrogen-bond donors (Lipinski definition) is 1. The van der Waals surface area contributed by atoms with Gasteiger partial charge in [0, 0.05) is 23.6 Å². The number of fused-ring (bicyclic) bond motifs is 1. The van der Waals surface area contributed by atoms with Gasteiger partial charge in [-0.05, 0) is 48.7 Å². The number of rotatable bonds is 3. The van der Waals surface area contributed by atoms with Gasteiger partial charge in [-0.15, -0.1) is 0 Å². The molecule has 3 nitrogen and oxygen atoms in total. The normalized spacial score (nSPS) is 11.0. The van der Waals surface area contributed by atoms with Crippen LogP contribution in [0.25, 0.3) is 10.9 Å². The molecule has 1 heterocycles. The number of benzene rings is 2. The first-order valence-electron chi connectivity index (χ1n) is 6.94. The van der Waals surface area contributed by atoms with Crippen LogP contribution in [-0.2, 0) is 6.54 Å². The lowest BCUT2D eigenvalue weighted by Crippen LogP contribution is -2.03. The van der Waals surface area contributed by atoms with Crippen LogP contribution in [0.15, 0.2) is 48.7 Å². The summed E-state index contributed by atoms with van der Waals surface area (Å²) in [5.41, 5.74) is 5.11. The molecular formula is C18H17NO2. The van der Waals surface area contributed by atoms with Crippen molar-refractivity contribution in [2.24, 2.45) is 0 Å². The maximum absolute atomic E-state index is 11.3. The Hall–Kier alpha value is -2.55. The quantitative estimate of drug-likeness (QED) is 0.787. The first-order valence-corrected chi connectivity index (χ1v) is 6.94. The predicted octanol–water partition coefficient (Wildman–Crippen LogP) is 4.00. The van der Waals surface area contributed by atoms with Crippen LogP contribution in [-0.4, -0.2) is 15.6 Å². The van der Waals surface area contributed by atoms with Crippen molar-refractivity contribution >= 4 is 16.9 Å². The molecule has 0 atom stereocenters. The van der Waals surface area contributed by atoms with Gasteiger partial charge in [0.1, 0.15) is 0 Å². The SMILES string of the molecule is Cc1cccc(C)c1Cn1ccc2c(C(=O)O)cccc21. The number of carboxylic acid groups (broad SMARTS) is 1. The van der Waals surface area contributed by atoms with Crippen LogP contribution >= 0.6 is 0 Å². The molecule has 0 unspecified atom stereocenters. The molecule has 0 aliphatic heterocycles. The van der Waals surface area contributed by atoms with E-state index < -0.39 is 5.97 Å². The highest BCUT2D eigenvalue weighted by atomic mass is 16.4. The number of hydrogen-bond acceptors (Lipinski definition) is 1. The van der Waals surface area contributed by atoms with E-state index in [0.717, 1.165) is 17.4 Å². The Bertz CT molecular complexity index is 810. The molecule has 1 N–H and O–H groups in total. The number of aromatic nitrogens is 1. The van der Waals surface area contributed by atoms with Gasteiger partial charge < -0.3 is 9.67 Å². The topological polar surface area (TPSA) is 42.2 Å². The van der Waals surface area contributed by atoms with Crippen LogP contribution in [0.5, 0.6) is 0 Å². The van der Waals surface area contributed by atoms with E-state index in [2.05, 4.69) is 36.6 Å². The second kappa shape index (κ2) is 5.09. The second-order valence-electron chi connectivity index (χ2n) is 5.36. The summed E-state index contributed by atoms with van der Waals surface area (Å²) in [5.74, 6) is -0.884. The highest BCUT2D eigenvalue weighted by Gasteiger charge is 2.11. The Labute approximate surface area is 123 Å². The van der Waals surface area contributed by atoms with Gasteiger partial charge in [-0.1, -0.05) is 24.3 Å². The van der Waals surface area contributed by atoms with E-state index in [1.54, 1.807) is 12.1 Å². The van der Waals surface area contributed by atoms with E-state index in [1.807, 2.05) is 18.3 Å². The predicted molar refractivity (Wildman–Crippen MR) is 83.9 cm³/mol. The standard InChI is InChI=1S/C18H17NO2/c1-12-5-3-6-13(2)16(12)11-19-10-9-14-15(18(20)21)7-4-8-17(14)19/h3-10H,11H2,1-2H3,(H,20,21). The van der Waals surface area contributed by atoms with Gasteiger partial charge in [-0.3, -0.25) is 0 Å². The minimum absolute atomic E-state index is 0.354. The number of aromatic carboxylic acids is 1. The van der Waals surface area contributed by atoms with E-state index >= 15 is 0 Å². The van der Waals surface area contributed by atoms with Crippen LogP contribution in [0.4, 0.5) is 0 Å². The van der Waals surface area contributed by atoms with Crippen molar-refractivity contribution in [3.05, 3.63) is 70.9 Å². The van der Waals surface area contributed by atoms with Crippen LogP contribution in [0.2, 0.25) is 0 Å². The molecule has 0 bridgehead atoms. The molecule has 106 valence electrons. The summed E-state index contributed by atoms with van der Waals surface area (Å²) in [6, 6.07) is 13.6. The lowest BCUT2D eigenvalue weighted by molar-refractivity contribution is 0.0699. The maximum Gasteiger partial charge on any atom is 0.336 e. The molecular weight excluding hydrogens is 262 g/mol. The first-order chi connectivity index (χ1) is 10.1. The maximum atomic E-state index is 11.3. The summed E-state index contributed by atoms with van der Waals surface area (Å²) < 4.78 is 2.11. The molecule has 3 aromatic rings. The molecule has 0 saturated heterocycles. The monoisotopic (exact) mass is 279 g/mol. The molecule has 0 amide bonds. The number of nitrogens with zero attached hydrogens (tertiary/aromatic N) is 1. The zero-order valence-electron chi connectivity index (χ0n) is 12.1. The Morgan fingerprint density at radius 1 is 1.05 bits per heavy atom. The molecule has 0 saturated carbocycles. The second-order valence-corrected chi connectivity index (χ2v) is 5.36. The largest absolute Gasteiger partial charge is 0.478 e. The van der Waals surface area contributed by atoms with Crippen molar-refractivity contribution < 1.29 is 9.90 Å². The first kappa shape index (κ1) is 13.4. The van der Waals surface area contributed by atoms with Crippen molar-refractivity contribution in [1.29, 1.82) is 0 Å². The van der Waals surface area contributed by atoms with Crippen molar-refractivity contribution in [1.82, 2.24) is 4.57 Å². The molecule has 0 aliphatic rings. The van der Waals surface area contributed by atoms with Crippen LogP contribution in [0.1, 0.15) is 27.0 Å². The Morgan fingerprint density at radius 3 is 2.38 bits per heavy atom. The van der Waals surface area contributed by atoms with Gasteiger partial charge >= 0.3 is 5.97 Å². The fourth-order valence-electron chi connectivity index (χ4n) is 2.82. The highest BCUT2D eigenvalue weighted by molar-refractivity contribution is 6.03. The van der Waals surface area contributed by atoms with Crippen molar-refractivity contribution in [3.63, 3.8) is 0 Å². The third-order valence-electron chi connectivity index (χ3n) is 4.02. The summed E-state index contributed by atoms with van der Waals surface area (Å²) in [4.78, 5) is 11.3. The van der Waals surface area contributed by atoms with Crippen molar-refractivity contribution in [3.8, 4) is 0 Å². The molecule has 0 radical (unpaired) electrons. The summed E-state index contributed by atoms with van der Waals surface area (Å²) >= 11 is 0. The number of aryl methyl sites for hydroxylation is 2. The molecule has 0 aliphatic carbocycles. The Kier molecular flexibility index (Phi) is 3.26. The third kappa shape index (κ3) is 2.31. The van der Waals surface area contributed by atoms with Gasteiger partial charge in [-0.2, -0.15) is 0 Å². The molecule has 1 aromatic heterocycles. The van der Waals surface area contributed by atoms with Crippen molar-refractivity contribution in [2.45, 2.75) is 20.4 Å². The minimum atomic E-state index is -0.884. The smallest absolute Gasteiger partial charge is 0.336 e. The third-order valence-corrected chi connectivity index (χ3v) is 4.02. The van der Waals surface area contributed by atoms with Gasteiger partial charge in [0.25, 0.3) is 0 Å². The van der Waals surface area contributed by atoms with Crippen LogP contribution < -0.4 is 0 Å². The average molecular weight is 279 g/mol. The number of carboxylic acids is 1. The average Bonchev–Trinajstić information content (AvgIpc) is 2.86. The summed E-state index contributed by atoms with van der Waals surface area (Å²) in [5, 5.41) is 10.0. The Balaban J connectivity index is 2.10. The highest BCUT2D eigenvalue weighted by Crippen LogP contribution is 2.23. The zero-order chi connectivity index (χ0) is 15.0. The number of carbonyl (C=O) groups is 1. The van der Waals surface area contributed by atoms with E-state index in [-0.39, 0.29) is 0 Å². The summed E-state index contributed by atoms with van der Waals surface area (Å²) in [6.45, 7) is 4.97. The van der Waals surface area contributed by atoms with Crippen molar-refractivity contribution in [2.75, 3.05) is 0 Å². The Morgan fingerprint density at radius 2 is 1.71 bits per heavy atom. The lowest BCUT2D eigenvalue weighted by atomic mass is 10.0. The van der Waals surface area contributed by atoms with Crippen LogP contribution in [0.3, 0.4) is 0 Å². The molecule has 3 heteroatoms. The van der Waals surface area contributed by atoms with Crippen LogP contribution in [0, 0.1) is 13.8 Å². The van der Waals surface area contributed by atoms with E-state index in [0.29, 0.717) is 5.56 Å². The molecule has 0 fully saturated rings. The fraction of sp³-hybridized carbons (Fsp3) is 0.167. The fourth-order valence-corrected chi connectivity index (χ4v) is 2.82. The van der Waals surface area contributed by atoms with E-state index in [9.17, 15) is 9.90 Å². The molecule has 21 heavy (non-hydrogen) atoms. The molecule has 2 aromatic carbocycles. The van der Waals surface area contributed by atoms with E-state index in [1.165, 1.54) is 16.7 Å². The van der Waals surface area contributed by atoms with Gasteiger partial charge in [-0.25, -0.2) is 4.79 Å². The zero-order valence-corrected chi connectivity index (χ0v) is 12.1.